The lowest BCUT2D eigenvalue weighted by Crippen LogP contribution is -2.41. The van der Waals surface area contributed by atoms with Crippen LogP contribution in [-0.2, 0) is 11.3 Å². The van der Waals surface area contributed by atoms with Crippen molar-refractivity contribution in [2.75, 3.05) is 25.4 Å². The van der Waals surface area contributed by atoms with Gasteiger partial charge in [0.15, 0.2) is 0 Å². The zero-order valence-corrected chi connectivity index (χ0v) is 15.3. The molecule has 1 fully saturated rings. The van der Waals surface area contributed by atoms with Crippen LogP contribution in [0.5, 0.6) is 0 Å². The lowest BCUT2D eigenvalue weighted by Gasteiger charge is -2.31. The number of hydrogen-bond acceptors (Lipinski definition) is 4. The summed E-state index contributed by atoms with van der Waals surface area (Å²) in [6.45, 7) is 2.15. The molecule has 1 aliphatic heterocycles. The molecule has 6 heteroatoms. The molecule has 0 aromatic heterocycles. The number of ether oxygens (including phenoxy) is 1. The van der Waals surface area contributed by atoms with E-state index in [1.165, 1.54) is 0 Å². The van der Waals surface area contributed by atoms with Crippen molar-refractivity contribution in [2.45, 2.75) is 19.4 Å². The Balaban J connectivity index is 1.39. The van der Waals surface area contributed by atoms with E-state index >= 15 is 0 Å². The Kier molecular flexibility index (Phi) is 6.30. The number of likely N-dealkylation sites (tertiary alicyclic amines) is 1. The highest BCUT2D eigenvalue weighted by Gasteiger charge is 2.24. The number of nitrogens with two attached hydrogens (primary N) is 1. The van der Waals surface area contributed by atoms with Crippen molar-refractivity contribution in [1.29, 1.82) is 0 Å². The third kappa shape index (κ3) is 5.23. The number of para-hydroxylation sites is 1. The van der Waals surface area contributed by atoms with Gasteiger partial charge in [-0.05, 0) is 36.5 Å². The van der Waals surface area contributed by atoms with E-state index in [4.69, 9.17) is 10.5 Å². The minimum absolute atomic E-state index is 0.155. The Morgan fingerprint density at radius 2 is 1.70 bits per heavy atom. The van der Waals surface area contributed by atoms with Gasteiger partial charge < -0.3 is 20.7 Å². The van der Waals surface area contributed by atoms with Crippen LogP contribution in [0.1, 0.15) is 28.8 Å². The lowest BCUT2D eigenvalue weighted by atomic mass is 9.97. The first-order valence-electron chi connectivity index (χ1n) is 9.22. The van der Waals surface area contributed by atoms with Gasteiger partial charge in [-0.15, -0.1) is 0 Å². The number of carbonyl (C=O) groups excluding carboxylic acids is 2. The average Bonchev–Trinajstić information content (AvgIpc) is 2.72. The third-order valence-electron chi connectivity index (χ3n) is 4.83. The van der Waals surface area contributed by atoms with Gasteiger partial charge in [-0.3, -0.25) is 4.79 Å². The van der Waals surface area contributed by atoms with Crippen LogP contribution in [0.4, 0.5) is 10.5 Å². The molecule has 0 atom stereocenters. The zero-order chi connectivity index (χ0) is 19.1. The molecule has 0 saturated carbocycles. The maximum atomic E-state index is 12.2. The highest BCUT2D eigenvalue weighted by Crippen LogP contribution is 2.18. The SMILES string of the molecule is Nc1ccccc1C(=O)NCC1CCN(C(=O)OCc2ccccc2)CC1. The third-order valence-corrected chi connectivity index (χ3v) is 4.83. The monoisotopic (exact) mass is 367 g/mol. The number of carbonyl (C=O) groups is 2. The molecule has 1 aliphatic rings. The Hall–Kier alpha value is -3.02. The number of anilines is 1. The van der Waals surface area contributed by atoms with Gasteiger partial charge in [0.25, 0.3) is 5.91 Å². The van der Waals surface area contributed by atoms with Crippen LogP contribution in [0, 0.1) is 5.92 Å². The lowest BCUT2D eigenvalue weighted by molar-refractivity contribution is 0.0801. The Labute approximate surface area is 159 Å². The molecule has 3 N–H and O–H groups in total. The molecule has 0 bridgehead atoms. The van der Waals surface area contributed by atoms with Gasteiger partial charge in [-0.1, -0.05) is 42.5 Å². The fourth-order valence-electron chi connectivity index (χ4n) is 3.17. The van der Waals surface area contributed by atoms with E-state index in [0.29, 0.717) is 36.8 Å². The molecule has 2 amide bonds. The van der Waals surface area contributed by atoms with Crippen LogP contribution in [0.25, 0.3) is 0 Å². The van der Waals surface area contributed by atoms with Crippen molar-refractivity contribution in [3.8, 4) is 0 Å². The van der Waals surface area contributed by atoms with Crippen molar-refractivity contribution in [3.63, 3.8) is 0 Å². The largest absolute Gasteiger partial charge is 0.445 e. The van der Waals surface area contributed by atoms with E-state index in [1.54, 1.807) is 29.2 Å². The standard InChI is InChI=1S/C21H25N3O3/c22-19-9-5-4-8-18(19)20(25)23-14-16-10-12-24(13-11-16)21(26)27-15-17-6-2-1-3-7-17/h1-9,16H,10-15,22H2,(H,23,25). The highest BCUT2D eigenvalue weighted by atomic mass is 16.6. The average molecular weight is 367 g/mol. The number of nitrogen functional groups attached to an aromatic ring is 1. The molecule has 27 heavy (non-hydrogen) atoms. The second-order valence-corrected chi connectivity index (χ2v) is 6.77. The van der Waals surface area contributed by atoms with Crippen LogP contribution in [0.15, 0.2) is 54.6 Å². The minimum Gasteiger partial charge on any atom is -0.445 e. The summed E-state index contributed by atoms with van der Waals surface area (Å²) in [4.78, 5) is 26.1. The highest BCUT2D eigenvalue weighted by molar-refractivity contribution is 5.99. The molecule has 0 unspecified atom stereocenters. The maximum Gasteiger partial charge on any atom is 0.410 e. The van der Waals surface area contributed by atoms with Gasteiger partial charge >= 0.3 is 6.09 Å². The summed E-state index contributed by atoms with van der Waals surface area (Å²) in [5, 5.41) is 2.95. The van der Waals surface area contributed by atoms with E-state index in [0.717, 1.165) is 18.4 Å². The number of nitrogens with zero attached hydrogens (tertiary/aromatic N) is 1. The van der Waals surface area contributed by atoms with Crippen LogP contribution >= 0.6 is 0 Å². The molecule has 2 aromatic carbocycles. The molecule has 0 spiro atoms. The van der Waals surface area contributed by atoms with Crippen molar-refractivity contribution in [1.82, 2.24) is 10.2 Å². The Morgan fingerprint density at radius 3 is 2.41 bits per heavy atom. The van der Waals surface area contributed by atoms with Gasteiger partial charge in [0, 0.05) is 25.3 Å². The first-order valence-corrected chi connectivity index (χ1v) is 9.22. The van der Waals surface area contributed by atoms with Gasteiger partial charge in [0.05, 0.1) is 5.56 Å². The summed E-state index contributed by atoms with van der Waals surface area (Å²) in [6, 6.07) is 16.7. The summed E-state index contributed by atoms with van der Waals surface area (Å²) in [7, 11) is 0. The van der Waals surface area contributed by atoms with Crippen LogP contribution in [-0.4, -0.2) is 36.5 Å². The van der Waals surface area contributed by atoms with Crippen molar-refractivity contribution >= 4 is 17.7 Å². The number of benzene rings is 2. The van der Waals surface area contributed by atoms with E-state index in [2.05, 4.69) is 5.32 Å². The number of piperidine rings is 1. The quantitative estimate of drug-likeness (QED) is 0.796. The Bertz CT molecular complexity index is 771. The fourth-order valence-corrected chi connectivity index (χ4v) is 3.17. The predicted octanol–water partition coefficient (Wildman–Crippen LogP) is 3.05. The predicted molar refractivity (Wildman–Crippen MR) is 104 cm³/mol. The molecule has 142 valence electrons. The number of hydrogen-bond donors (Lipinski definition) is 2. The van der Waals surface area contributed by atoms with Crippen LogP contribution < -0.4 is 11.1 Å². The first kappa shape index (κ1) is 18.8. The van der Waals surface area contributed by atoms with E-state index < -0.39 is 0 Å². The topological polar surface area (TPSA) is 84.7 Å². The van der Waals surface area contributed by atoms with Crippen molar-refractivity contribution < 1.29 is 14.3 Å². The summed E-state index contributed by atoms with van der Waals surface area (Å²) in [6.07, 6.45) is 1.40. The smallest absolute Gasteiger partial charge is 0.410 e. The number of rotatable bonds is 5. The number of amides is 2. The molecule has 6 nitrogen and oxygen atoms in total. The minimum atomic E-state index is -0.279. The van der Waals surface area contributed by atoms with E-state index in [-0.39, 0.29) is 18.6 Å². The number of nitrogens with one attached hydrogen (secondary N) is 1. The first-order chi connectivity index (χ1) is 13.1. The van der Waals surface area contributed by atoms with Gasteiger partial charge in [0.2, 0.25) is 0 Å². The zero-order valence-electron chi connectivity index (χ0n) is 15.3. The Morgan fingerprint density at radius 1 is 1.04 bits per heavy atom. The molecule has 0 radical (unpaired) electrons. The van der Waals surface area contributed by atoms with Gasteiger partial charge in [-0.25, -0.2) is 4.79 Å². The molecular formula is C21H25N3O3. The molecule has 2 aromatic rings. The molecular weight excluding hydrogens is 342 g/mol. The van der Waals surface area contributed by atoms with Crippen LogP contribution in [0.2, 0.25) is 0 Å². The van der Waals surface area contributed by atoms with Crippen molar-refractivity contribution in [3.05, 3.63) is 65.7 Å². The normalized spacial score (nSPS) is 14.6. The van der Waals surface area contributed by atoms with Crippen LogP contribution in [0.3, 0.4) is 0 Å². The summed E-state index contributed by atoms with van der Waals surface area (Å²) < 4.78 is 5.38. The van der Waals surface area contributed by atoms with E-state index in [1.807, 2.05) is 30.3 Å². The molecule has 1 saturated heterocycles. The summed E-state index contributed by atoms with van der Waals surface area (Å²) >= 11 is 0. The fraction of sp³-hybridized carbons (Fsp3) is 0.333. The molecule has 0 aliphatic carbocycles. The molecule has 3 rings (SSSR count). The van der Waals surface area contributed by atoms with Gasteiger partial charge in [0.1, 0.15) is 6.61 Å². The van der Waals surface area contributed by atoms with Crippen molar-refractivity contribution in [2.24, 2.45) is 5.92 Å². The summed E-state index contributed by atoms with van der Waals surface area (Å²) in [5.74, 6) is 0.190. The maximum absolute atomic E-state index is 12.2. The summed E-state index contributed by atoms with van der Waals surface area (Å²) in [5.41, 5.74) is 7.79. The molecule has 1 heterocycles. The van der Waals surface area contributed by atoms with Gasteiger partial charge in [-0.2, -0.15) is 0 Å². The second-order valence-electron chi connectivity index (χ2n) is 6.77. The van der Waals surface area contributed by atoms with E-state index in [9.17, 15) is 9.59 Å². The second kappa shape index (κ2) is 9.07.